The van der Waals surface area contributed by atoms with Gasteiger partial charge < -0.3 is 10.2 Å². The SMILES string of the molecule is CC1=CC2N(c3ccccc31)C(C(=O)c1ccc(Cl)cc1)C(C(=O)c1cccc([N+](=O)[O-])c1)C21C(=O)Nc2ccccc21. The molecule has 0 saturated carbocycles. The molecule has 8 nitrogen and oxygen atoms in total. The van der Waals surface area contributed by atoms with Crippen molar-refractivity contribution in [3.8, 4) is 0 Å². The molecule has 0 aliphatic carbocycles. The van der Waals surface area contributed by atoms with Crippen molar-refractivity contribution in [2.75, 3.05) is 10.2 Å². The van der Waals surface area contributed by atoms with Gasteiger partial charge in [-0.2, -0.15) is 0 Å². The van der Waals surface area contributed by atoms with Gasteiger partial charge in [0.05, 0.1) is 16.9 Å². The first-order chi connectivity index (χ1) is 20.7. The van der Waals surface area contributed by atoms with Crippen LogP contribution in [0.1, 0.15) is 38.8 Å². The lowest BCUT2D eigenvalue weighted by Crippen LogP contribution is -2.51. The van der Waals surface area contributed by atoms with Crippen LogP contribution in [-0.4, -0.2) is 34.5 Å². The maximum Gasteiger partial charge on any atom is 0.270 e. The van der Waals surface area contributed by atoms with Crippen LogP contribution in [0.15, 0.2) is 103 Å². The van der Waals surface area contributed by atoms with Gasteiger partial charge in [0.1, 0.15) is 11.5 Å². The molecule has 1 fully saturated rings. The van der Waals surface area contributed by atoms with Crippen LogP contribution < -0.4 is 10.2 Å². The van der Waals surface area contributed by atoms with Gasteiger partial charge in [-0.05, 0) is 54.5 Å². The van der Waals surface area contributed by atoms with E-state index in [2.05, 4.69) is 5.32 Å². The zero-order valence-electron chi connectivity index (χ0n) is 22.9. The Morgan fingerprint density at radius 1 is 0.907 bits per heavy atom. The number of para-hydroxylation sites is 2. The number of nitrogens with zero attached hydrogens (tertiary/aromatic N) is 2. The highest BCUT2D eigenvalue weighted by Gasteiger charge is 2.70. The van der Waals surface area contributed by atoms with Crippen LogP contribution in [0, 0.1) is 16.0 Å². The molecule has 1 amide bonds. The summed E-state index contributed by atoms with van der Waals surface area (Å²) in [4.78, 5) is 57.0. The molecule has 4 atom stereocenters. The molecule has 1 spiro atoms. The molecule has 1 N–H and O–H groups in total. The van der Waals surface area contributed by atoms with E-state index in [1.54, 1.807) is 36.4 Å². The minimum Gasteiger partial charge on any atom is -0.352 e. The predicted molar refractivity (Wildman–Crippen MR) is 164 cm³/mol. The smallest absolute Gasteiger partial charge is 0.270 e. The number of nitro groups is 1. The maximum atomic E-state index is 14.9. The summed E-state index contributed by atoms with van der Waals surface area (Å²) in [6.07, 6.45) is 1.97. The fourth-order valence-electron chi connectivity index (χ4n) is 7.12. The highest BCUT2D eigenvalue weighted by molar-refractivity contribution is 6.30. The van der Waals surface area contributed by atoms with Gasteiger partial charge in [0.25, 0.3) is 5.69 Å². The quantitative estimate of drug-likeness (QED) is 0.162. The van der Waals surface area contributed by atoms with Crippen LogP contribution in [0.2, 0.25) is 5.02 Å². The zero-order chi connectivity index (χ0) is 30.0. The largest absolute Gasteiger partial charge is 0.352 e. The Hall–Kier alpha value is -5.08. The second-order valence-corrected chi connectivity index (χ2v) is 11.5. The van der Waals surface area contributed by atoms with Crippen molar-refractivity contribution >= 4 is 51.7 Å². The first-order valence-electron chi connectivity index (χ1n) is 13.8. The van der Waals surface area contributed by atoms with Gasteiger partial charge in [0, 0.05) is 45.2 Å². The molecule has 3 aliphatic rings. The summed E-state index contributed by atoms with van der Waals surface area (Å²) in [5.74, 6) is -2.52. The molecular formula is C34H24ClN3O5. The number of hydrogen-bond acceptors (Lipinski definition) is 6. The summed E-state index contributed by atoms with van der Waals surface area (Å²) < 4.78 is 0. The number of nitrogens with one attached hydrogen (secondary N) is 1. The van der Waals surface area contributed by atoms with E-state index in [9.17, 15) is 24.5 Å². The molecule has 7 rings (SSSR count). The summed E-state index contributed by atoms with van der Waals surface area (Å²) in [5.41, 5.74) is 2.31. The van der Waals surface area contributed by atoms with E-state index >= 15 is 0 Å². The molecule has 43 heavy (non-hydrogen) atoms. The number of carbonyl (C=O) groups excluding carboxylic acids is 3. The van der Waals surface area contributed by atoms with E-state index in [1.165, 1.54) is 24.3 Å². The van der Waals surface area contributed by atoms with Crippen LogP contribution >= 0.6 is 11.6 Å². The number of ketones is 2. The summed E-state index contributed by atoms with van der Waals surface area (Å²) in [6, 6.07) is 24.9. The number of fused-ring (bicyclic) bond motifs is 6. The average molecular weight is 590 g/mol. The average Bonchev–Trinajstić information content (AvgIpc) is 3.49. The Balaban J connectivity index is 1.55. The number of hydrogen-bond donors (Lipinski definition) is 1. The predicted octanol–water partition coefficient (Wildman–Crippen LogP) is 6.49. The molecule has 4 unspecified atom stereocenters. The molecule has 212 valence electrons. The molecule has 3 heterocycles. The van der Waals surface area contributed by atoms with Crippen molar-refractivity contribution in [1.29, 1.82) is 0 Å². The van der Waals surface area contributed by atoms with Gasteiger partial charge in [0.15, 0.2) is 11.6 Å². The summed E-state index contributed by atoms with van der Waals surface area (Å²) in [6.45, 7) is 1.95. The molecule has 1 saturated heterocycles. The topological polar surface area (TPSA) is 110 Å². The number of nitro benzene ring substituents is 1. The Morgan fingerprint density at radius 3 is 2.40 bits per heavy atom. The van der Waals surface area contributed by atoms with Crippen molar-refractivity contribution in [3.05, 3.63) is 141 Å². The van der Waals surface area contributed by atoms with Crippen LogP contribution in [0.3, 0.4) is 0 Å². The molecule has 0 aromatic heterocycles. The number of Topliss-reactive ketones (excluding diaryl/α,β-unsaturated/α-hetero) is 2. The monoisotopic (exact) mass is 589 g/mol. The number of rotatable bonds is 5. The van der Waals surface area contributed by atoms with Crippen molar-refractivity contribution in [3.63, 3.8) is 0 Å². The zero-order valence-corrected chi connectivity index (χ0v) is 23.6. The molecule has 3 aliphatic heterocycles. The van der Waals surface area contributed by atoms with Gasteiger partial charge in [-0.3, -0.25) is 24.5 Å². The first-order valence-corrected chi connectivity index (χ1v) is 14.2. The van der Waals surface area contributed by atoms with E-state index < -0.39 is 40.0 Å². The number of non-ortho nitro benzene ring substituents is 1. The lowest BCUT2D eigenvalue weighted by atomic mass is 9.64. The second-order valence-electron chi connectivity index (χ2n) is 11.1. The number of anilines is 2. The lowest BCUT2D eigenvalue weighted by Gasteiger charge is -2.39. The lowest BCUT2D eigenvalue weighted by molar-refractivity contribution is -0.384. The molecule has 0 radical (unpaired) electrons. The fourth-order valence-corrected chi connectivity index (χ4v) is 7.25. The molecule has 4 aromatic rings. The third kappa shape index (κ3) is 3.79. The fraction of sp³-hybridized carbons (Fsp3) is 0.147. The number of halogens is 1. The van der Waals surface area contributed by atoms with Gasteiger partial charge >= 0.3 is 0 Å². The van der Waals surface area contributed by atoms with Gasteiger partial charge in [0.2, 0.25) is 5.91 Å². The Labute approximate surface area is 251 Å². The Morgan fingerprint density at radius 2 is 1.63 bits per heavy atom. The third-order valence-electron chi connectivity index (χ3n) is 8.91. The van der Waals surface area contributed by atoms with E-state index in [4.69, 9.17) is 11.6 Å². The number of carbonyl (C=O) groups is 3. The van der Waals surface area contributed by atoms with E-state index in [0.717, 1.165) is 16.8 Å². The summed E-state index contributed by atoms with van der Waals surface area (Å²) in [7, 11) is 0. The highest BCUT2D eigenvalue weighted by atomic mass is 35.5. The Kier molecular flexibility index (Phi) is 6.07. The molecule has 9 heteroatoms. The van der Waals surface area contributed by atoms with Crippen LogP contribution in [0.4, 0.5) is 17.1 Å². The number of amides is 1. The minimum atomic E-state index is -1.51. The van der Waals surface area contributed by atoms with Crippen LogP contribution in [-0.2, 0) is 10.2 Å². The molecular weight excluding hydrogens is 566 g/mol. The molecule has 4 aromatic carbocycles. The highest BCUT2D eigenvalue weighted by Crippen LogP contribution is 2.58. The maximum absolute atomic E-state index is 14.9. The van der Waals surface area contributed by atoms with Gasteiger partial charge in [-0.1, -0.05) is 66.2 Å². The Bertz CT molecular complexity index is 1900. The minimum absolute atomic E-state index is 0.0542. The van der Waals surface area contributed by atoms with Gasteiger partial charge in [-0.25, -0.2) is 0 Å². The van der Waals surface area contributed by atoms with Crippen molar-refractivity contribution in [2.24, 2.45) is 5.92 Å². The number of allylic oxidation sites excluding steroid dienone is 1. The van der Waals surface area contributed by atoms with Crippen LogP contribution in [0.5, 0.6) is 0 Å². The summed E-state index contributed by atoms with van der Waals surface area (Å²) >= 11 is 6.15. The number of benzene rings is 4. The standard InChI is InChI=1S/C34H24ClN3O5/c1-19-17-28-34(25-10-3-4-11-26(25)36-33(34)41)29(31(39)21-7-6-8-23(18-21)38(42)43)30(32(40)20-13-15-22(35)16-14-20)37(28)27-12-5-2-9-24(19)27/h2-18,28-30H,1H3,(H,36,41). The van der Waals surface area contributed by atoms with E-state index in [1.807, 2.05) is 54.3 Å². The van der Waals surface area contributed by atoms with Crippen LogP contribution in [0.25, 0.3) is 5.57 Å². The van der Waals surface area contributed by atoms with E-state index in [-0.39, 0.29) is 17.0 Å². The molecule has 0 bridgehead atoms. The summed E-state index contributed by atoms with van der Waals surface area (Å²) in [5, 5.41) is 15.1. The van der Waals surface area contributed by atoms with Crippen molar-refractivity contribution in [2.45, 2.75) is 24.4 Å². The normalized spacial score (nSPS) is 23.2. The van der Waals surface area contributed by atoms with Crippen molar-refractivity contribution < 1.29 is 19.3 Å². The van der Waals surface area contributed by atoms with Crippen molar-refractivity contribution in [1.82, 2.24) is 0 Å². The first kappa shape index (κ1) is 26.8. The third-order valence-corrected chi connectivity index (χ3v) is 9.16. The second kappa shape index (κ2) is 9.74. The van der Waals surface area contributed by atoms with E-state index in [0.29, 0.717) is 21.8 Å². The van der Waals surface area contributed by atoms with Gasteiger partial charge in [-0.15, -0.1) is 0 Å².